The van der Waals surface area contributed by atoms with Crippen molar-refractivity contribution in [3.63, 3.8) is 0 Å². The summed E-state index contributed by atoms with van der Waals surface area (Å²) in [6, 6.07) is 10.0. The highest BCUT2D eigenvalue weighted by atomic mass is 16.5. The topological polar surface area (TPSA) is 120 Å². The molecule has 5 N–H and O–H groups in total. The van der Waals surface area contributed by atoms with Crippen molar-refractivity contribution in [1.82, 2.24) is 4.98 Å². The lowest BCUT2D eigenvalue weighted by atomic mass is 10.00. The van der Waals surface area contributed by atoms with Gasteiger partial charge in [0.1, 0.15) is 5.75 Å². The van der Waals surface area contributed by atoms with Gasteiger partial charge in [-0.3, -0.25) is 9.59 Å². The van der Waals surface area contributed by atoms with E-state index in [1.807, 2.05) is 0 Å². The molecule has 2 amide bonds. The van der Waals surface area contributed by atoms with E-state index >= 15 is 0 Å². The lowest BCUT2D eigenvalue weighted by Crippen LogP contribution is -2.28. The van der Waals surface area contributed by atoms with Gasteiger partial charge in [0.05, 0.1) is 11.9 Å². The fourth-order valence-electron chi connectivity index (χ4n) is 3.12. The number of nitrogens with one attached hydrogen (secondary N) is 1. The smallest absolute Gasteiger partial charge is 0.248 e. The molecule has 3 rings (SSSR count). The second-order valence-electron chi connectivity index (χ2n) is 6.49. The summed E-state index contributed by atoms with van der Waals surface area (Å²) in [5.41, 5.74) is 12.2. The summed E-state index contributed by atoms with van der Waals surface area (Å²) in [6.07, 6.45) is 5.04. The van der Waals surface area contributed by atoms with Gasteiger partial charge in [0.25, 0.3) is 0 Å². The Kier molecular flexibility index (Phi) is 5.48. The first-order chi connectivity index (χ1) is 12.5. The van der Waals surface area contributed by atoms with E-state index in [4.69, 9.17) is 16.2 Å². The Morgan fingerprint density at radius 2 is 2.08 bits per heavy atom. The van der Waals surface area contributed by atoms with Gasteiger partial charge in [-0.15, -0.1) is 0 Å². The van der Waals surface area contributed by atoms with Gasteiger partial charge < -0.3 is 21.5 Å². The second kappa shape index (κ2) is 7.97. The van der Waals surface area contributed by atoms with Gasteiger partial charge in [-0.25, -0.2) is 4.98 Å². The monoisotopic (exact) mass is 354 g/mol. The van der Waals surface area contributed by atoms with Gasteiger partial charge in [0.15, 0.2) is 0 Å². The fourth-order valence-corrected chi connectivity index (χ4v) is 3.12. The Balaban J connectivity index is 1.57. The average molecular weight is 354 g/mol. The van der Waals surface area contributed by atoms with Crippen molar-refractivity contribution in [3.8, 4) is 11.6 Å². The highest BCUT2D eigenvalue weighted by Gasteiger charge is 2.26. The zero-order valence-corrected chi connectivity index (χ0v) is 14.4. The molecule has 1 fully saturated rings. The molecule has 1 heterocycles. The Morgan fingerprint density at radius 3 is 2.73 bits per heavy atom. The lowest BCUT2D eigenvalue weighted by molar-refractivity contribution is -0.117. The number of aromatic nitrogens is 1. The molecule has 136 valence electrons. The predicted octanol–water partition coefficient (Wildman–Crippen LogP) is 2.43. The van der Waals surface area contributed by atoms with Gasteiger partial charge in [-0.05, 0) is 43.0 Å². The molecule has 2 aromatic rings. The molecular formula is C19H22N4O3. The number of hydrogen-bond donors (Lipinski definition) is 3. The van der Waals surface area contributed by atoms with Crippen LogP contribution in [0.3, 0.4) is 0 Å². The first-order valence-electron chi connectivity index (χ1n) is 8.60. The summed E-state index contributed by atoms with van der Waals surface area (Å²) in [5.74, 6) is 0.478. The molecule has 0 aliphatic heterocycles. The molecule has 0 bridgehead atoms. The van der Waals surface area contributed by atoms with Crippen LogP contribution in [0.25, 0.3) is 0 Å². The Bertz CT molecular complexity index is 792. The maximum atomic E-state index is 12.1. The number of rotatable bonds is 6. The predicted molar refractivity (Wildman–Crippen MR) is 97.8 cm³/mol. The Hall–Kier alpha value is -2.93. The summed E-state index contributed by atoms with van der Waals surface area (Å²) < 4.78 is 5.60. The van der Waals surface area contributed by atoms with E-state index in [1.54, 1.807) is 36.4 Å². The normalized spacial score (nSPS) is 19.1. The molecule has 0 spiro atoms. The number of carbonyl (C=O) groups is 2. The van der Waals surface area contributed by atoms with Gasteiger partial charge in [0, 0.05) is 24.1 Å². The summed E-state index contributed by atoms with van der Waals surface area (Å²) in [4.78, 5) is 27.5. The third-order valence-corrected chi connectivity index (χ3v) is 4.53. The maximum absolute atomic E-state index is 12.1. The summed E-state index contributed by atoms with van der Waals surface area (Å²) >= 11 is 0. The van der Waals surface area contributed by atoms with Crippen LogP contribution in [0.5, 0.6) is 11.6 Å². The van der Waals surface area contributed by atoms with Crippen molar-refractivity contribution in [1.29, 1.82) is 0 Å². The highest BCUT2D eigenvalue weighted by Crippen LogP contribution is 2.27. The maximum Gasteiger partial charge on any atom is 0.248 e. The zero-order valence-electron chi connectivity index (χ0n) is 14.4. The molecule has 7 heteroatoms. The molecule has 1 aliphatic carbocycles. The quantitative estimate of drug-likeness (QED) is 0.736. The first-order valence-corrected chi connectivity index (χ1v) is 8.60. The standard InChI is InChI=1S/C19H22N4O3/c20-16-6-2-3-12(16)10-17(24)23-14-7-8-18(22-11-14)26-15-5-1-4-13(9-15)19(21)25/h1,4-5,7-9,11-12,16H,2-3,6,10,20H2,(H2,21,25)(H,23,24)/t12-,16+/m0/s1. The number of hydrogen-bond acceptors (Lipinski definition) is 5. The average Bonchev–Trinajstić information content (AvgIpc) is 3.01. The van der Waals surface area contributed by atoms with Crippen molar-refractivity contribution < 1.29 is 14.3 Å². The molecule has 1 aliphatic rings. The van der Waals surface area contributed by atoms with Gasteiger partial charge in [0.2, 0.25) is 17.7 Å². The van der Waals surface area contributed by atoms with Crippen molar-refractivity contribution in [2.45, 2.75) is 31.7 Å². The summed E-state index contributed by atoms with van der Waals surface area (Å²) in [5, 5.41) is 2.83. The SMILES string of the molecule is NC(=O)c1cccc(Oc2ccc(NC(=O)C[C@@H]3CCC[C@H]3N)cn2)c1. The van der Waals surface area contributed by atoms with E-state index in [0.29, 0.717) is 29.3 Å². The van der Waals surface area contributed by atoms with Gasteiger partial charge in [-0.2, -0.15) is 0 Å². The molecule has 0 unspecified atom stereocenters. The van der Waals surface area contributed by atoms with Crippen molar-refractivity contribution in [2.24, 2.45) is 17.4 Å². The van der Waals surface area contributed by atoms with Crippen LogP contribution in [-0.4, -0.2) is 22.8 Å². The van der Waals surface area contributed by atoms with E-state index in [1.165, 1.54) is 6.20 Å². The molecule has 0 saturated heterocycles. The molecule has 1 aromatic heterocycles. The van der Waals surface area contributed by atoms with Crippen LogP contribution in [0.2, 0.25) is 0 Å². The van der Waals surface area contributed by atoms with E-state index in [2.05, 4.69) is 10.3 Å². The molecule has 1 saturated carbocycles. The summed E-state index contributed by atoms with van der Waals surface area (Å²) in [7, 11) is 0. The second-order valence-corrected chi connectivity index (χ2v) is 6.49. The number of anilines is 1. The Morgan fingerprint density at radius 1 is 1.23 bits per heavy atom. The highest BCUT2D eigenvalue weighted by molar-refractivity contribution is 5.93. The number of carbonyl (C=O) groups excluding carboxylic acids is 2. The third kappa shape index (κ3) is 4.58. The number of benzene rings is 1. The first kappa shape index (κ1) is 17.9. The van der Waals surface area contributed by atoms with E-state index in [-0.39, 0.29) is 17.9 Å². The minimum absolute atomic E-state index is 0.0584. The van der Waals surface area contributed by atoms with E-state index < -0.39 is 5.91 Å². The number of nitrogens with two attached hydrogens (primary N) is 2. The third-order valence-electron chi connectivity index (χ3n) is 4.53. The number of primary amides is 1. The Labute approximate surface area is 151 Å². The lowest BCUT2D eigenvalue weighted by Gasteiger charge is -2.14. The van der Waals surface area contributed by atoms with Crippen molar-refractivity contribution >= 4 is 17.5 Å². The molecule has 1 aromatic carbocycles. The summed E-state index contributed by atoms with van der Waals surface area (Å²) in [6.45, 7) is 0. The zero-order chi connectivity index (χ0) is 18.5. The molecule has 7 nitrogen and oxygen atoms in total. The minimum Gasteiger partial charge on any atom is -0.439 e. The number of pyridine rings is 1. The van der Waals surface area contributed by atoms with Crippen LogP contribution in [-0.2, 0) is 4.79 Å². The van der Waals surface area contributed by atoms with Crippen LogP contribution in [0.1, 0.15) is 36.0 Å². The largest absolute Gasteiger partial charge is 0.439 e. The van der Waals surface area contributed by atoms with Gasteiger partial charge >= 0.3 is 0 Å². The number of amides is 2. The molecular weight excluding hydrogens is 332 g/mol. The van der Waals surface area contributed by atoms with Crippen LogP contribution in [0, 0.1) is 5.92 Å². The molecule has 2 atom stereocenters. The number of ether oxygens (including phenoxy) is 1. The number of nitrogens with zero attached hydrogens (tertiary/aromatic N) is 1. The molecule has 26 heavy (non-hydrogen) atoms. The minimum atomic E-state index is -0.525. The van der Waals surface area contributed by atoms with Crippen LogP contribution >= 0.6 is 0 Å². The van der Waals surface area contributed by atoms with E-state index in [0.717, 1.165) is 19.3 Å². The van der Waals surface area contributed by atoms with Crippen LogP contribution in [0.4, 0.5) is 5.69 Å². The fraction of sp³-hybridized carbons (Fsp3) is 0.316. The van der Waals surface area contributed by atoms with Crippen molar-refractivity contribution in [3.05, 3.63) is 48.2 Å². The van der Waals surface area contributed by atoms with Crippen LogP contribution < -0.4 is 21.5 Å². The van der Waals surface area contributed by atoms with Gasteiger partial charge in [-0.1, -0.05) is 12.5 Å². The molecule has 0 radical (unpaired) electrons. The van der Waals surface area contributed by atoms with Crippen LogP contribution in [0.15, 0.2) is 42.6 Å². The van der Waals surface area contributed by atoms with E-state index in [9.17, 15) is 9.59 Å². The van der Waals surface area contributed by atoms with Crippen molar-refractivity contribution in [2.75, 3.05) is 5.32 Å².